The minimum absolute atomic E-state index is 0.255. The number of halogens is 4. The van der Waals surface area contributed by atoms with Crippen LogP contribution in [-0.4, -0.2) is 20.0 Å². The van der Waals surface area contributed by atoms with Gasteiger partial charge in [-0.3, -0.25) is 5.41 Å². The van der Waals surface area contributed by atoms with Crippen molar-refractivity contribution in [3.63, 3.8) is 0 Å². The van der Waals surface area contributed by atoms with Gasteiger partial charge in [-0.05, 0) is 23.8 Å². The summed E-state index contributed by atoms with van der Waals surface area (Å²) in [5, 5.41) is 17.2. The van der Waals surface area contributed by atoms with Crippen molar-refractivity contribution in [2.45, 2.75) is 12.1 Å². The Morgan fingerprint density at radius 1 is 1.19 bits per heavy atom. The second-order valence-electron chi connectivity index (χ2n) is 6.40. The number of nitriles is 1. The molecule has 4 nitrogen and oxygen atoms in total. The molecule has 1 aliphatic heterocycles. The first-order valence-corrected chi connectivity index (χ1v) is 8.35. The summed E-state index contributed by atoms with van der Waals surface area (Å²) in [4.78, 5) is 1.84. The van der Waals surface area contributed by atoms with Gasteiger partial charge in [0.2, 0.25) is 5.90 Å². The Morgan fingerprint density at radius 3 is 2.48 bits per heavy atom. The average molecular weight is 394 g/mol. The summed E-state index contributed by atoms with van der Waals surface area (Å²) in [5.74, 6) is -1.74. The van der Waals surface area contributed by atoms with Gasteiger partial charge in [0.05, 0.1) is 16.7 Å². The lowest BCUT2D eigenvalue weighted by molar-refractivity contribution is -0.137. The predicted molar refractivity (Wildman–Crippen MR) is 96.5 cm³/mol. The van der Waals surface area contributed by atoms with Crippen LogP contribution in [-0.2, 0) is 6.18 Å². The molecule has 0 saturated carbocycles. The molecule has 0 bridgehead atoms. The average Bonchev–Trinajstić information content (AvgIpc) is 2.59. The summed E-state index contributed by atoms with van der Waals surface area (Å²) >= 11 is 5.72. The molecule has 140 valence electrons. The highest BCUT2D eigenvalue weighted by Gasteiger charge is 2.39. The van der Waals surface area contributed by atoms with Gasteiger partial charge in [-0.1, -0.05) is 23.7 Å². The molecule has 3 rings (SSSR count). The molecule has 0 radical (unpaired) electrons. The molecule has 0 aromatic heterocycles. The number of anilines is 1. The van der Waals surface area contributed by atoms with Gasteiger partial charge >= 0.3 is 6.18 Å². The Labute approximate surface area is 159 Å². The number of fused-ring (bicyclic) bond motifs is 1. The number of ether oxygens (including phenoxy) is 1. The molecule has 8 heteroatoms. The van der Waals surface area contributed by atoms with Gasteiger partial charge in [-0.2, -0.15) is 18.4 Å². The van der Waals surface area contributed by atoms with Crippen LogP contribution in [0.15, 0.2) is 36.4 Å². The van der Waals surface area contributed by atoms with E-state index in [1.807, 2.05) is 25.1 Å². The van der Waals surface area contributed by atoms with Gasteiger partial charge in [-0.25, -0.2) is 0 Å². The molecule has 2 unspecified atom stereocenters. The second-order valence-corrected chi connectivity index (χ2v) is 6.81. The first-order chi connectivity index (χ1) is 12.6. The zero-order chi connectivity index (χ0) is 19.9. The third-order valence-electron chi connectivity index (χ3n) is 4.48. The van der Waals surface area contributed by atoms with Crippen molar-refractivity contribution < 1.29 is 17.9 Å². The number of alkyl halides is 3. The van der Waals surface area contributed by atoms with Crippen LogP contribution >= 0.6 is 11.6 Å². The summed E-state index contributed by atoms with van der Waals surface area (Å²) in [6, 6.07) is 10.8. The topological polar surface area (TPSA) is 60.1 Å². The Kier molecular flexibility index (Phi) is 4.79. The van der Waals surface area contributed by atoms with Gasteiger partial charge in [0.25, 0.3) is 0 Å². The van der Waals surface area contributed by atoms with Crippen molar-refractivity contribution >= 4 is 23.2 Å². The molecular weight excluding hydrogens is 379 g/mol. The van der Waals surface area contributed by atoms with Crippen molar-refractivity contribution in [1.82, 2.24) is 0 Å². The standard InChI is InChI=1S/C19H15ClF3N3O/c1-26(2)11-4-5-12-16(8-11)27-18(25)13(9-24)17(12)10-3-6-15(20)14(7-10)19(21,22)23/h3-8,13,17,25H,1-2H3. The lowest BCUT2D eigenvalue weighted by Crippen LogP contribution is -2.31. The number of nitrogens with one attached hydrogen (secondary N) is 1. The molecule has 0 fully saturated rings. The fraction of sp³-hybridized carbons (Fsp3) is 0.263. The maximum Gasteiger partial charge on any atom is 0.417 e. The Hall–Kier alpha value is -2.72. The van der Waals surface area contributed by atoms with Crippen LogP contribution in [0.25, 0.3) is 0 Å². The normalized spacial score (nSPS) is 19.1. The van der Waals surface area contributed by atoms with Gasteiger partial charge in [0.1, 0.15) is 11.7 Å². The quantitative estimate of drug-likeness (QED) is 0.775. The number of benzene rings is 2. The fourth-order valence-corrected chi connectivity index (χ4v) is 3.34. The summed E-state index contributed by atoms with van der Waals surface area (Å²) in [6.45, 7) is 0. The van der Waals surface area contributed by atoms with E-state index < -0.39 is 28.6 Å². The van der Waals surface area contributed by atoms with Crippen LogP contribution < -0.4 is 9.64 Å². The van der Waals surface area contributed by atoms with Crippen LogP contribution in [0.5, 0.6) is 5.75 Å². The van der Waals surface area contributed by atoms with Gasteiger partial charge in [-0.15, -0.1) is 0 Å². The third kappa shape index (κ3) is 3.45. The Balaban J connectivity index is 2.20. The number of hydrogen-bond acceptors (Lipinski definition) is 4. The van der Waals surface area contributed by atoms with E-state index in [4.69, 9.17) is 21.7 Å². The minimum Gasteiger partial charge on any atom is -0.442 e. The van der Waals surface area contributed by atoms with Crippen LogP contribution in [0, 0.1) is 22.7 Å². The van der Waals surface area contributed by atoms with E-state index in [-0.39, 0.29) is 11.5 Å². The van der Waals surface area contributed by atoms with Gasteiger partial charge < -0.3 is 9.64 Å². The summed E-state index contributed by atoms with van der Waals surface area (Å²) in [6.07, 6.45) is -4.62. The van der Waals surface area contributed by atoms with E-state index in [2.05, 4.69) is 0 Å². The van der Waals surface area contributed by atoms with E-state index in [0.717, 1.165) is 11.8 Å². The molecule has 27 heavy (non-hydrogen) atoms. The van der Waals surface area contributed by atoms with Crippen molar-refractivity contribution in [2.75, 3.05) is 19.0 Å². The molecular formula is C19H15ClF3N3O. The van der Waals surface area contributed by atoms with E-state index in [0.29, 0.717) is 11.3 Å². The van der Waals surface area contributed by atoms with Crippen molar-refractivity contribution in [1.29, 1.82) is 10.7 Å². The number of hydrogen-bond donors (Lipinski definition) is 1. The first kappa shape index (κ1) is 19.1. The molecule has 2 aromatic carbocycles. The van der Waals surface area contributed by atoms with Crippen molar-refractivity contribution in [3.05, 3.63) is 58.1 Å². The van der Waals surface area contributed by atoms with E-state index in [9.17, 15) is 18.4 Å². The van der Waals surface area contributed by atoms with Gasteiger partial charge in [0, 0.05) is 37.3 Å². The number of rotatable bonds is 2. The Bertz CT molecular complexity index is 950. The number of nitrogens with zero attached hydrogens (tertiary/aromatic N) is 2. The van der Waals surface area contributed by atoms with E-state index >= 15 is 0 Å². The van der Waals surface area contributed by atoms with Crippen LogP contribution in [0.4, 0.5) is 18.9 Å². The van der Waals surface area contributed by atoms with Crippen molar-refractivity contribution in [3.8, 4) is 11.8 Å². The molecule has 2 atom stereocenters. The molecule has 1 aliphatic rings. The lowest BCUT2D eigenvalue weighted by Gasteiger charge is -2.31. The van der Waals surface area contributed by atoms with Crippen LogP contribution in [0.1, 0.15) is 22.6 Å². The largest absolute Gasteiger partial charge is 0.442 e. The SMILES string of the molecule is CN(C)c1ccc2c(c1)OC(=N)C(C#N)C2c1ccc(Cl)c(C(F)(F)F)c1. The maximum atomic E-state index is 13.3. The summed E-state index contributed by atoms with van der Waals surface area (Å²) in [5.41, 5.74) is 0.648. The molecule has 0 saturated heterocycles. The maximum absolute atomic E-state index is 13.3. The summed E-state index contributed by atoms with van der Waals surface area (Å²) < 4.78 is 45.3. The first-order valence-electron chi connectivity index (χ1n) is 7.97. The van der Waals surface area contributed by atoms with E-state index in [1.165, 1.54) is 12.1 Å². The molecule has 1 heterocycles. The van der Waals surface area contributed by atoms with Crippen LogP contribution in [0.2, 0.25) is 5.02 Å². The fourth-order valence-electron chi connectivity index (χ4n) is 3.12. The zero-order valence-electron chi connectivity index (χ0n) is 14.4. The highest BCUT2D eigenvalue weighted by molar-refractivity contribution is 6.31. The zero-order valence-corrected chi connectivity index (χ0v) is 15.2. The molecule has 0 spiro atoms. The van der Waals surface area contributed by atoms with Crippen molar-refractivity contribution in [2.24, 2.45) is 5.92 Å². The van der Waals surface area contributed by atoms with Gasteiger partial charge in [0.15, 0.2) is 0 Å². The Morgan fingerprint density at radius 2 is 1.89 bits per heavy atom. The third-order valence-corrected chi connectivity index (χ3v) is 4.81. The summed E-state index contributed by atoms with van der Waals surface area (Å²) in [7, 11) is 3.67. The van der Waals surface area contributed by atoms with E-state index in [1.54, 1.807) is 18.2 Å². The molecule has 0 aliphatic carbocycles. The highest BCUT2D eigenvalue weighted by Crippen LogP contribution is 2.45. The lowest BCUT2D eigenvalue weighted by atomic mass is 9.78. The smallest absolute Gasteiger partial charge is 0.417 e. The van der Waals surface area contributed by atoms with Crippen LogP contribution in [0.3, 0.4) is 0 Å². The minimum atomic E-state index is -4.62. The predicted octanol–water partition coefficient (Wildman–Crippen LogP) is 5.07. The molecule has 0 amide bonds. The second kappa shape index (κ2) is 6.78. The molecule has 2 aromatic rings. The monoisotopic (exact) mass is 393 g/mol. The highest BCUT2D eigenvalue weighted by atomic mass is 35.5. The molecule has 1 N–H and O–H groups in total.